The van der Waals surface area contributed by atoms with Crippen molar-refractivity contribution >= 4 is 11.6 Å². The van der Waals surface area contributed by atoms with Gasteiger partial charge in [-0.25, -0.2) is 0 Å². The molecule has 1 atom stereocenters. The molecule has 1 amide bonds. The third kappa shape index (κ3) is 2.99. The molecule has 1 heterocycles. The number of nitrogens with one attached hydrogen (secondary N) is 2. The predicted molar refractivity (Wildman–Crippen MR) is 70.1 cm³/mol. The molecule has 0 saturated heterocycles. The van der Waals surface area contributed by atoms with Gasteiger partial charge in [0.25, 0.3) is 5.91 Å². The Hall–Kier alpha value is -1.51. The number of amides is 1. The van der Waals surface area contributed by atoms with E-state index in [-0.39, 0.29) is 12.1 Å². The first kappa shape index (κ1) is 12.0. The average molecular weight is 232 g/mol. The van der Waals surface area contributed by atoms with Crippen LogP contribution in [0.3, 0.4) is 0 Å². The molecule has 1 aliphatic heterocycles. The SMILES string of the molecule is CCCCCC[C@@H]1NC(=O)c2ccccc2N1. The summed E-state index contributed by atoms with van der Waals surface area (Å²) >= 11 is 0. The molecule has 0 aliphatic carbocycles. The topological polar surface area (TPSA) is 41.1 Å². The first-order valence-corrected chi connectivity index (χ1v) is 6.47. The molecule has 0 bridgehead atoms. The van der Waals surface area contributed by atoms with Crippen molar-refractivity contribution in [1.29, 1.82) is 0 Å². The smallest absolute Gasteiger partial charge is 0.254 e. The Labute approximate surface area is 103 Å². The lowest BCUT2D eigenvalue weighted by molar-refractivity contribution is 0.0933. The number of unbranched alkanes of at least 4 members (excludes halogenated alkanes) is 3. The fourth-order valence-corrected chi connectivity index (χ4v) is 2.19. The van der Waals surface area contributed by atoms with E-state index >= 15 is 0 Å². The fourth-order valence-electron chi connectivity index (χ4n) is 2.19. The highest BCUT2D eigenvalue weighted by atomic mass is 16.2. The first-order chi connectivity index (χ1) is 8.31. The standard InChI is InChI=1S/C14H20N2O/c1-2-3-4-5-10-13-15-12-9-7-6-8-11(12)14(17)16-13/h6-9,13,15H,2-5,10H2,1H3,(H,16,17)/t13-/m0/s1. The lowest BCUT2D eigenvalue weighted by Gasteiger charge is -2.27. The van der Waals surface area contributed by atoms with Gasteiger partial charge < -0.3 is 10.6 Å². The van der Waals surface area contributed by atoms with Gasteiger partial charge in [0.2, 0.25) is 0 Å². The largest absolute Gasteiger partial charge is 0.365 e. The molecule has 0 unspecified atom stereocenters. The van der Waals surface area contributed by atoms with E-state index in [9.17, 15) is 4.79 Å². The second kappa shape index (κ2) is 5.71. The van der Waals surface area contributed by atoms with Crippen LogP contribution in [0.15, 0.2) is 24.3 Å². The van der Waals surface area contributed by atoms with E-state index in [4.69, 9.17) is 0 Å². The molecular formula is C14H20N2O. The molecule has 1 aliphatic rings. The van der Waals surface area contributed by atoms with Crippen molar-refractivity contribution in [2.24, 2.45) is 0 Å². The molecule has 0 saturated carbocycles. The van der Waals surface area contributed by atoms with E-state index in [1.165, 1.54) is 19.3 Å². The van der Waals surface area contributed by atoms with Gasteiger partial charge in [-0.05, 0) is 25.0 Å². The molecule has 3 heteroatoms. The van der Waals surface area contributed by atoms with Gasteiger partial charge in [-0.3, -0.25) is 4.79 Å². The van der Waals surface area contributed by atoms with Crippen molar-refractivity contribution in [2.75, 3.05) is 5.32 Å². The zero-order valence-electron chi connectivity index (χ0n) is 10.3. The van der Waals surface area contributed by atoms with E-state index < -0.39 is 0 Å². The lowest BCUT2D eigenvalue weighted by Crippen LogP contribution is -2.44. The summed E-state index contributed by atoms with van der Waals surface area (Å²) in [6, 6.07) is 7.67. The summed E-state index contributed by atoms with van der Waals surface area (Å²) < 4.78 is 0. The maximum atomic E-state index is 11.8. The van der Waals surface area contributed by atoms with Gasteiger partial charge in [-0.1, -0.05) is 38.3 Å². The average Bonchev–Trinajstić information content (AvgIpc) is 2.35. The van der Waals surface area contributed by atoms with Crippen LogP contribution < -0.4 is 10.6 Å². The maximum absolute atomic E-state index is 11.8. The highest BCUT2D eigenvalue weighted by Gasteiger charge is 2.21. The Morgan fingerprint density at radius 2 is 1.94 bits per heavy atom. The normalized spacial score (nSPS) is 18.2. The van der Waals surface area contributed by atoms with Gasteiger partial charge >= 0.3 is 0 Å². The van der Waals surface area contributed by atoms with Crippen molar-refractivity contribution in [3.63, 3.8) is 0 Å². The number of rotatable bonds is 5. The monoisotopic (exact) mass is 232 g/mol. The zero-order valence-corrected chi connectivity index (χ0v) is 10.3. The van der Waals surface area contributed by atoms with Gasteiger partial charge in [0, 0.05) is 5.69 Å². The summed E-state index contributed by atoms with van der Waals surface area (Å²) in [5.74, 6) is 0.0415. The number of carbonyl (C=O) groups is 1. The number of benzene rings is 1. The van der Waals surface area contributed by atoms with E-state index in [0.29, 0.717) is 0 Å². The van der Waals surface area contributed by atoms with E-state index in [2.05, 4.69) is 17.6 Å². The fraction of sp³-hybridized carbons (Fsp3) is 0.500. The van der Waals surface area contributed by atoms with Crippen LogP contribution in [0.5, 0.6) is 0 Å². The van der Waals surface area contributed by atoms with Crippen molar-refractivity contribution in [1.82, 2.24) is 5.32 Å². The molecule has 0 spiro atoms. The third-order valence-electron chi connectivity index (χ3n) is 3.15. The minimum Gasteiger partial charge on any atom is -0.365 e. The van der Waals surface area contributed by atoms with Gasteiger partial charge in [-0.15, -0.1) is 0 Å². The van der Waals surface area contributed by atoms with Gasteiger partial charge in [0.15, 0.2) is 0 Å². The highest BCUT2D eigenvalue weighted by Crippen LogP contribution is 2.21. The number of carbonyl (C=O) groups excluding carboxylic acids is 1. The van der Waals surface area contributed by atoms with Crippen LogP contribution in [-0.2, 0) is 0 Å². The molecular weight excluding hydrogens is 212 g/mol. The molecule has 2 rings (SSSR count). The number of hydrogen-bond donors (Lipinski definition) is 2. The molecule has 17 heavy (non-hydrogen) atoms. The third-order valence-corrected chi connectivity index (χ3v) is 3.15. The summed E-state index contributed by atoms with van der Waals surface area (Å²) in [6.45, 7) is 2.21. The summed E-state index contributed by atoms with van der Waals surface area (Å²) in [7, 11) is 0. The van der Waals surface area contributed by atoms with Gasteiger partial charge in [0.05, 0.1) is 11.7 Å². The van der Waals surface area contributed by atoms with Crippen LogP contribution in [0.4, 0.5) is 5.69 Å². The lowest BCUT2D eigenvalue weighted by atomic mass is 10.1. The number of hydrogen-bond acceptors (Lipinski definition) is 2. The summed E-state index contributed by atoms with van der Waals surface area (Å²) in [5, 5.41) is 6.37. The quantitative estimate of drug-likeness (QED) is 0.766. The molecule has 92 valence electrons. The van der Waals surface area contributed by atoms with Gasteiger partial charge in [-0.2, -0.15) is 0 Å². The Bertz CT molecular complexity index is 390. The Balaban J connectivity index is 1.91. The summed E-state index contributed by atoms with van der Waals surface area (Å²) in [6.07, 6.45) is 6.01. The number of para-hydroxylation sites is 1. The van der Waals surface area contributed by atoms with Crippen molar-refractivity contribution < 1.29 is 4.79 Å². The minimum atomic E-state index is 0.0415. The van der Waals surface area contributed by atoms with Crippen LogP contribution in [0.1, 0.15) is 49.4 Å². The summed E-state index contributed by atoms with van der Waals surface area (Å²) in [5.41, 5.74) is 1.70. The molecule has 1 aromatic rings. The predicted octanol–water partition coefficient (Wildman–Crippen LogP) is 3.14. The second-order valence-electron chi connectivity index (χ2n) is 4.57. The summed E-state index contributed by atoms with van der Waals surface area (Å²) in [4.78, 5) is 11.8. The van der Waals surface area contributed by atoms with Crippen molar-refractivity contribution in [3.8, 4) is 0 Å². The van der Waals surface area contributed by atoms with Crippen LogP contribution in [0, 0.1) is 0 Å². The van der Waals surface area contributed by atoms with E-state index in [1.807, 2.05) is 24.3 Å². The Morgan fingerprint density at radius 3 is 2.76 bits per heavy atom. The van der Waals surface area contributed by atoms with Crippen LogP contribution >= 0.6 is 0 Å². The van der Waals surface area contributed by atoms with Crippen LogP contribution in [0.25, 0.3) is 0 Å². The van der Waals surface area contributed by atoms with Crippen molar-refractivity contribution in [3.05, 3.63) is 29.8 Å². The van der Waals surface area contributed by atoms with E-state index in [0.717, 1.165) is 24.1 Å². The zero-order chi connectivity index (χ0) is 12.1. The molecule has 0 fully saturated rings. The van der Waals surface area contributed by atoms with Crippen LogP contribution in [0.2, 0.25) is 0 Å². The molecule has 1 aromatic carbocycles. The molecule has 0 radical (unpaired) electrons. The highest BCUT2D eigenvalue weighted by molar-refractivity contribution is 6.01. The maximum Gasteiger partial charge on any atom is 0.254 e. The molecule has 2 N–H and O–H groups in total. The Morgan fingerprint density at radius 1 is 1.12 bits per heavy atom. The van der Waals surface area contributed by atoms with E-state index in [1.54, 1.807) is 0 Å². The minimum absolute atomic E-state index is 0.0415. The first-order valence-electron chi connectivity index (χ1n) is 6.47. The molecule has 0 aromatic heterocycles. The number of fused-ring (bicyclic) bond motifs is 1. The second-order valence-corrected chi connectivity index (χ2v) is 4.57. The van der Waals surface area contributed by atoms with Crippen LogP contribution in [-0.4, -0.2) is 12.1 Å². The van der Waals surface area contributed by atoms with Crippen molar-refractivity contribution in [2.45, 2.75) is 45.2 Å². The Kier molecular flexibility index (Phi) is 4.02. The van der Waals surface area contributed by atoms with Gasteiger partial charge in [0.1, 0.15) is 0 Å². The molecule has 3 nitrogen and oxygen atoms in total. The number of anilines is 1.